The lowest BCUT2D eigenvalue weighted by Crippen LogP contribution is -2.23. The molecule has 0 radical (unpaired) electrons. The van der Waals surface area contributed by atoms with Gasteiger partial charge in [0.25, 0.3) is 5.91 Å². The van der Waals surface area contributed by atoms with Crippen molar-refractivity contribution in [3.63, 3.8) is 0 Å². The normalized spacial score (nSPS) is 11.4. The minimum Gasteiger partial charge on any atom is -0.376 e. The maximum absolute atomic E-state index is 12.5. The van der Waals surface area contributed by atoms with E-state index in [1.807, 2.05) is 25.1 Å². The van der Waals surface area contributed by atoms with Crippen LogP contribution in [0.15, 0.2) is 51.8 Å². The van der Waals surface area contributed by atoms with Crippen molar-refractivity contribution in [1.82, 2.24) is 4.31 Å². The van der Waals surface area contributed by atoms with Crippen LogP contribution in [-0.4, -0.2) is 46.8 Å². The van der Waals surface area contributed by atoms with Crippen molar-refractivity contribution in [3.8, 4) is 0 Å². The van der Waals surface area contributed by atoms with Gasteiger partial charge in [-0.25, -0.2) is 12.7 Å². The van der Waals surface area contributed by atoms with E-state index in [9.17, 15) is 13.2 Å². The Kier molecular flexibility index (Phi) is 5.87. The second-order valence-corrected chi connectivity index (χ2v) is 8.89. The summed E-state index contributed by atoms with van der Waals surface area (Å²) in [5.41, 5.74) is 1.61. The zero-order valence-corrected chi connectivity index (χ0v) is 16.8. The lowest BCUT2D eigenvalue weighted by molar-refractivity contribution is 0.102. The summed E-state index contributed by atoms with van der Waals surface area (Å²) in [4.78, 5) is 14.5. The molecule has 0 aliphatic rings. The number of amides is 1. The van der Waals surface area contributed by atoms with Crippen LogP contribution in [0.5, 0.6) is 0 Å². The maximum Gasteiger partial charge on any atom is 0.255 e. The Morgan fingerprint density at radius 2 is 1.72 bits per heavy atom. The van der Waals surface area contributed by atoms with Crippen molar-refractivity contribution in [2.45, 2.75) is 4.90 Å². The van der Waals surface area contributed by atoms with Crippen LogP contribution < -0.4 is 10.2 Å². The number of anilines is 2. The van der Waals surface area contributed by atoms with Gasteiger partial charge in [-0.1, -0.05) is 22.0 Å². The molecule has 1 amide bonds. The molecule has 0 spiro atoms. The van der Waals surface area contributed by atoms with Gasteiger partial charge in [0.2, 0.25) is 10.0 Å². The molecular weight excluding hydrogens is 406 g/mol. The van der Waals surface area contributed by atoms with E-state index in [0.717, 1.165) is 8.78 Å². The summed E-state index contributed by atoms with van der Waals surface area (Å²) in [5.74, 6) is -0.316. The molecule has 0 aliphatic heterocycles. The second kappa shape index (κ2) is 7.55. The highest BCUT2D eigenvalue weighted by Crippen LogP contribution is 2.29. The van der Waals surface area contributed by atoms with Gasteiger partial charge in [-0.2, -0.15) is 0 Å². The Bertz CT molecular complexity index is 896. The molecule has 0 saturated carbocycles. The van der Waals surface area contributed by atoms with Gasteiger partial charge in [-0.15, -0.1) is 0 Å². The van der Waals surface area contributed by atoms with Crippen molar-refractivity contribution < 1.29 is 13.2 Å². The molecule has 0 atom stereocenters. The lowest BCUT2D eigenvalue weighted by atomic mass is 10.2. The average Bonchev–Trinajstić information content (AvgIpc) is 2.54. The summed E-state index contributed by atoms with van der Waals surface area (Å²) in [5, 5.41) is 2.80. The van der Waals surface area contributed by atoms with Gasteiger partial charge in [-0.05, 0) is 36.4 Å². The first-order chi connectivity index (χ1) is 11.6. The molecule has 0 aromatic heterocycles. The van der Waals surface area contributed by atoms with Crippen LogP contribution in [0.2, 0.25) is 0 Å². The van der Waals surface area contributed by atoms with Crippen molar-refractivity contribution in [2.75, 3.05) is 38.4 Å². The quantitative estimate of drug-likeness (QED) is 0.798. The number of carbonyl (C=O) groups excluding carboxylic acids is 1. The van der Waals surface area contributed by atoms with E-state index in [0.29, 0.717) is 16.9 Å². The summed E-state index contributed by atoms with van der Waals surface area (Å²) in [7, 11) is 2.99. The van der Waals surface area contributed by atoms with Gasteiger partial charge in [0.1, 0.15) is 0 Å². The first kappa shape index (κ1) is 19.4. The van der Waals surface area contributed by atoms with Gasteiger partial charge < -0.3 is 10.2 Å². The monoisotopic (exact) mass is 425 g/mol. The maximum atomic E-state index is 12.5. The van der Waals surface area contributed by atoms with Gasteiger partial charge in [-0.3, -0.25) is 4.79 Å². The van der Waals surface area contributed by atoms with E-state index in [1.54, 1.807) is 24.3 Å². The number of nitrogens with zero attached hydrogens (tertiary/aromatic N) is 2. The van der Waals surface area contributed by atoms with Gasteiger partial charge in [0, 0.05) is 38.2 Å². The topological polar surface area (TPSA) is 69.7 Å². The standard InChI is InChI=1S/C17H20BrN3O3S/c1-20(2)16-9-8-14(25(23,24)21(3)4)11-15(16)19-17(22)12-6-5-7-13(18)10-12/h5-11H,1-4H3,(H,19,22). The average molecular weight is 426 g/mol. The highest BCUT2D eigenvalue weighted by molar-refractivity contribution is 9.10. The predicted molar refractivity (Wildman–Crippen MR) is 104 cm³/mol. The van der Waals surface area contributed by atoms with Gasteiger partial charge in [0.05, 0.1) is 16.3 Å². The van der Waals surface area contributed by atoms with Crippen molar-refractivity contribution in [3.05, 3.63) is 52.5 Å². The Morgan fingerprint density at radius 1 is 1.04 bits per heavy atom. The van der Waals surface area contributed by atoms with Gasteiger partial charge in [0.15, 0.2) is 0 Å². The third-order valence-corrected chi connectivity index (χ3v) is 5.87. The number of hydrogen-bond acceptors (Lipinski definition) is 4. The number of rotatable bonds is 5. The molecule has 0 unspecified atom stereocenters. The number of carbonyl (C=O) groups is 1. The Balaban J connectivity index is 2.45. The highest BCUT2D eigenvalue weighted by atomic mass is 79.9. The molecule has 25 heavy (non-hydrogen) atoms. The third kappa shape index (κ3) is 4.39. The molecule has 1 N–H and O–H groups in total. The fraction of sp³-hybridized carbons (Fsp3) is 0.235. The van der Waals surface area contributed by atoms with Crippen LogP contribution in [0.4, 0.5) is 11.4 Å². The van der Waals surface area contributed by atoms with E-state index in [2.05, 4.69) is 21.2 Å². The molecule has 8 heteroatoms. The molecule has 0 fully saturated rings. The molecule has 2 aromatic rings. The summed E-state index contributed by atoms with van der Waals surface area (Å²) in [6, 6.07) is 11.7. The lowest BCUT2D eigenvalue weighted by Gasteiger charge is -2.20. The zero-order valence-electron chi connectivity index (χ0n) is 14.4. The Morgan fingerprint density at radius 3 is 2.28 bits per heavy atom. The number of hydrogen-bond donors (Lipinski definition) is 1. The summed E-state index contributed by atoms with van der Waals surface area (Å²) in [6.07, 6.45) is 0. The van der Waals surface area contributed by atoms with E-state index in [1.165, 1.54) is 26.2 Å². The predicted octanol–water partition coefficient (Wildman–Crippen LogP) is 3.02. The minimum absolute atomic E-state index is 0.118. The Hall–Kier alpha value is -1.90. The van der Waals surface area contributed by atoms with E-state index >= 15 is 0 Å². The van der Waals surface area contributed by atoms with Crippen molar-refractivity contribution in [2.24, 2.45) is 0 Å². The SMILES string of the molecule is CN(C)c1ccc(S(=O)(=O)N(C)C)cc1NC(=O)c1cccc(Br)c1. The van der Waals surface area contributed by atoms with Crippen LogP contribution in [0.3, 0.4) is 0 Å². The third-order valence-electron chi connectivity index (χ3n) is 3.56. The molecule has 0 heterocycles. The molecule has 0 saturated heterocycles. The fourth-order valence-corrected chi connectivity index (χ4v) is 3.53. The van der Waals surface area contributed by atoms with Crippen LogP contribution in [0, 0.1) is 0 Å². The van der Waals surface area contributed by atoms with E-state index in [4.69, 9.17) is 0 Å². The molecule has 2 aromatic carbocycles. The smallest absolute Gasteiger partial charge is 0.255 e. The minimum atomic E-state index is -3.59. The number of benzene rings is 2. The van der Waals surface area contributed by atoms with Crippen molar-refractivity contribution >= 4 is 43.2 Å². The number of halogens is 1. The van der Waals surface area contributed by atoms with E-state index in [-0.39, 0.29) is 10.8 Å². The second-order valence-electron chi connectivity index (χ2n) is 5.83. The number of nitrogens with one attached hydrogen (secondary N) is 1. The first-order valence-electron chi connectivity index (χ1n) is 7.44. The summed E-state index contributed by atoms with van der Waals surface area (Å²) >= 11 is 3.33. The van der Waals surface area contributed by atoms with Gasteiger partial charge >= 0.3 is 0 Å². The van der Waals surface area contributed by atoms with Crippen LogP contribution in [0.1, 0.15) is 10.4 Å². The molecule has 134 valence electrons. The molecule has 6 nitrogen and oxygen atoms in total. The summed E-state index contributed by atoms with van der Waals surface area (Å²) in [6.45, 7) is 0. The van der Waals surface area contributed by atoms with Crippen molar-refractivity contribution in [1.29, 1.82) is 0 Å². The molecule has 0 aliphatic carbocycles. The number of sulfonamides is 1. The summed E-state index contributed by atoms with van der Waals surface area (Å²) < 4.78 is 26.6. The first-order valence-corrected chi connectivity index (χ1v) is 9.67. The Labute approximate surface area is 156 Å². The molecular formula is C17H20BrN3O3S. The van der Waals surface area contributed by atoms with E-state index < -0.39 is 10.0 Å². The van der Waals surface area contributed by atoms with Crippen LogP contribution in [0.25, 0.3) is 0 Å². The fourth-order valence-electron chi connectivity index (χ4n) is 2.20. The zero-order chi connectivity index (χ0) is 18.8. The highest BCUT2D eigenvalue weighted by Gasteiger charge is 2.20. The largest absolute Gasteiger partial charge is 0.376 e. The van der Waals surface area contributed by atoms with Crippen LogP contribution in [-0.2, 0) is 10.0 Å². The molecule has 0 bridgehead atoms. The molecule has 2 rings (SSSR count). The van der Waals surface area contributed by atoms with Crippen LogP contribution >= 0.6 is 15.9 Å².